The Bertz CT molecular complexity index is 603. The van der Waals surface area contributed by atoms with E-state index in [2.05, 4.69) is 25.5 Å². The molecule has 2 aromatic heterocycles. The van der Waals surface area contributed by atoms with Crippen molar-refractivity contribution in [2.75, 3.05) is 12.4 Å². The van der Waals surface area contributed by atoms with Gasteiger partial charge in [0.05, 0.1) is 5.56 Å². The van der Waals surface area contributed by atoms with Gasteiger partial charge < -0.3 is 10.1 Å². The van der Waals surface area contributed by atoms with E-state index in [9.17, 15) is 0 Å². The molecule has 0 saturated heterocycles. The highest BCUT2D eigenvalue weighted by atomic mass is 16.5. The van der Waals surface area contributed by atoms with Crippen molar-refractivity contribution in [3.63, 3.8) is 0 Å². The minimum absolute atomic E-state index is 0.482. The first-order valence-corrected chi connectivity index (χ1v) is 6.43. The Morgan fingerprint density at radius 3 is 2.68 bits per heavy atom. The monoisotopic (exact) mass is 259 g/mol. The van der Waals surface area contributed by atoms with Gasteiger partial charge in [-0.15, -0.1) is 5.10 Å². The first-order valence-electron chi connectivity index (χ1n) is 6.43. The number of nitrogens with zero attached hydrogens (tertiary/aromatic N) is 3. The number of H-pyrrole nitrogens is 1. The summed E-state index contributed by atoms with van der Waals surface area (Å²) in [7, 11) is 1.86. The van der Waals surface area contributed by atoms with E-state index in [1.54, 1.807) is 0 Å². The zero-order chi connectivity index (χ0) is 13.4. The molecule has 1 aliphatic rings. The van der Waals surface area contributed by atoms with Crippen LogP contribution in [-0.2, 0) is 0 Å². The van der Waals surface area contributed by atoms with Gasteiger partial charge in [-0.1, -0.05) is 0 Å². The molecule has 2 heterocycles. The first-order chi connectivity index (χ1) is 9.17. The molecule has 2 N–H and O–H groups in total. The van der Waals surface area contributed by atoms with E-state index in [0.29, 0.717) is 17.7 Å². The highest BCUT2D eigenvalue weighted by Gasteiger charge is 2.28. The van der Waals surface area contributed by atoms with Crippen LogP contribution in [0.5, 0.6) is 11.8 Å². The Balaban J connectivity index is 1.96. The molecule has 3 rings (SSSR count). The molecule has 0 radical (unpaired) electrons. The zero-order valence-electron chi connectivity index (χ0n) is 11.3. The highest BCUT2D eigenvalue weighted by Crippen LogP contribution is 2.40. The van der Waals surface area contributed by atoms with Crippen LogP contribution >= 0.6 is 0 Å². The lowest BCUT2D eigenvalue weighted by Crippen LogP contribution is -2.04. The minimum atomic E-state index is 0.482. The van der Waals surface area contributed by atoms with Crippen molar-refractivity contribution in [2.24, 2.45) is 0 Å². The second-order valence-corrected chi connectivity index (χ2v) is 4.88. The third-order valence-corrected chi connectivity index (χ3v) is 3.18. The van der Waals surface area contributed by atoms with Crippen LogP contribution in [0.2, 0.25) is 0 Å². The van der Waals surface area contributed by atoms with E-state index in [1.165, 1.54) is 0 Å². The summed E-state index contributed by atoms with van der Waals surface area (Å²) in [6, 6.07) is 1.84. The van der Waals surface area contributed by atoms with Crippen LogP contribution in [0.4, 0.5) is 5.82 Å². The Morgan fingerprint density at radius 1 is 1.32 bits per heavy atom. The molecule has 0 aliphatic heterocycles. The molecule has 0 atom stereocenters. The largest absolute Gasteiger partial charge is 0.419 e. The standard InChI is InChI=1S/C13H17N5O/c1-7-6-10(18-17-7)19-13-8(2)11(14-3)15-12(16-13)9-4-5-9/h6,9H,4-5H2,1-3H3,(H,17,18)(H,14,15,16). The number of hydrogen-bond donors (Lipinski definition) is 2. The summed E-state index contributed by atoms with van der Waals surface area (Å²) in [5, 5.41) is 10.0. The van der Waals surface area contributed by atoms with Gasteiger partial charge >= 0.3 is 0 Å². The Labute approximate surface area is 111 Å². The first kappa shape index (κ1) is 12.0. The van der Waals surface area contributed by atoms with Crippen molar-refractivity contribution in [1.82, 2.24) is 20.2 Å². The summed E-state index contributed by atoms with van der Waals surface area (Å²) in [5.41, 5.74) is 1.85. The lowest BCUT2D eigenvalue weighted by Gasteiger charge is -2.11. The molecule has 1 saturated carbocycles. The molecule has 19 heavy (non-hydrogen) atoms. The summed E-state index contributed by atoms with van der Waals surface area (Å²) in [6.45, 7) is 3.87. The third-order valence-electron chi connectivity index (χ3n) is 3.18. The number of hydrogen-bond acceptors (Lipinski definition) is 5. The number of nitrogens with one attached hydrogen (secondary N) is 2. The number of rotatable bonds is 4. The average Bonchev–Trinajstić information content (AvgIpc) is 3.16. The van der Waals surface area contributed by atoms with E-state index in [0.717, 1.165) is 35.7 Å². The lowest BCUT2D eigenvalue weighted by atomic mass is 10.3. The fourth-order valence-corrected chi connectivity index (χ4v) is 1.92. The predicted octanol–water partition coefficient (Wildman–Crippen LogP) is 2.53. The van der Waals surface area contributed by atoms with Crippen LogP contribution in [-0.4, -0.2) is 27.2 Å². The minimum Gasteiger partial charge on any atom is -0.419 e. The maximum absolute atomic E-state index is 5.76. The molecular formula is C13H17N5O. The number of aryl methyl sites for hydroxylation is 1. The Kier molecular flexibility index (Phi) is 2.85. The lowest BCUT2D eigenvalue weighted by molar-refractivity contribution is 0.436. The van der Waals surface area contributed by atoms with Crippen molar-refractivity contribution < 1.29 is 4.74 Å². The maximum atomic E-state index is 5.76. The SMILES string of the molecule is CNc1nc(C2CC2)nc(Oc2cc(C)[nH]n2)c1C. The van der Waals surface area contributed by atoms with Crippen LogP contribution in [0.1, 0.15) is 35.8 Å². The molecule has 1 fully saturated rings. The normalized spacial score (nSPS) is 14.5. The molecule has 6 heteroatoms. The van der Waals surface area contributed by atoms with Crippen molar-refractivity contribution in [2.45, 2.75) is 32.6 Å². The molecule has 2 aromatic rings. The van der Waals surface area contributed by atoms with Gasteiger partial charge in [0, 0.05) is 24.7 Å². The Hall–Kier alpha value is -2.11. The molecule has 0 bridgehead atoms. The second kappa shape index (κ2) is 4.53. The predicted molar refractivity (Wildman–Crippen MR) is 71.7 cm³/mol. The number of aromatic nitrogens is 4. The number of aromatic amines is 1. The van der Waals surface area contributed by atoms with Gasteiger partial charge in [0.2, 0.25) is 11.8 Å². The van der Waals surface area contributed by atoms with Gasteiger partial charge in [-0.05, 0) is 26.7 Å². The van der Waals surface area contributed by atoms with Gasteiger partial charge in [-0.25, -0.2) is 4.98 Å². The smallest absolute Gasteiger partial charge is 0.240 e. The van der Waals surface area contributed by atoms with Gasteiger partial charge in [0.25, 0.3) is 0 Å². The van der Waals surface area contributed by atoms with Crippen LogP contribution in [0.3, 0.4) is 0 Å². The summed E-state index contributed by atoms with van der Waals surface area (Å²) < 4.78 is 5.76. The topological polar surface area (TPSA) is 75.7 Å². The Morgan fingerprint density at radius 2 is 2.11 bits per heavy atom. The fraction of sp³-hybridized carbons (Fsp3) is 0.462. The highest BCUT2D eigenvalue weighted by molar-refractivity contribution is 5.49. The number of ether oxygens (including phenoxy) is 1. The average molecular weight is 259 g/mol. The molecular weight excluding hydrogens is 242 g/mol. The summed E-state index contributed by atoms with van der Waals surface area (Å²) in [6.07, 6.45) is 2.32. The van der Waals surface area contributed by atoms with Gasteiger partial charge in [0.1, 0.15) is 11.6 Å². The molecule has 6 nitrogen and oxygen atoms in total. The van der Waals surface area contributed by atoms with E-state index in [4.69, 9.17) is 4.74 Å². The fourth-order valence-electron chi connectivity index (χ4n) is 1.92. The van der Waals surface area contributed by atoms with Gasteiger partial charge in [0.15, 0.2) is 0 Å². The van der Waals surface area contributed by atoms with Crippen molar-refractivity contribution in [3.05, 3.63) is 23.1 Å². The van der Waals surface area contributed by atoms with Crippen LogP contribution in [0.25, 0.3) is 0 Å². The van der Waals surface area contributed by atoms with Gasteiger partial charge in [-0.3, -0.25) is 5.10 Å². The zero-order valence-corrected chi connectivity index (χ0v) is 11.3. The van der Waals surface area contributed by atoms with Crippen LogP contribution in [0.15, 0.2) is 6.07 Å². The summed E-state index contributed by atoms with van der Waals surface area (Å²) in [4.78, 5) is 9.05. The molecule has 0 unspecified atom stereocenters. The van der Waals surface area contributed by atoms with E-state index in [1.807, 2.05) is 27.0 Å². The molecule has 1 aliphatic carbocycles. The molecule has 0 spiro atoms. The van der Waals surface area contributed by atoms with Crippen molar-refractivity contribution in [3.8, 4) is 11.8 Å². The summed E-state index contributed by atoms with van der Waals surface area (Å²) >= 11 is 0. The number of anilines is 1. The van der Waals surface area contributed by atoms with Crippen molar-refractivity contribution in [1.29, 1.82) is 0 Å². The van der Waals surface area contributed by atoms with Gasteiger partial charge in [-0.2, -0.15) is 4.98 Å². The quantitative estimate of drug-likeness (QED) is 0.882. The van der Waals surface area contributed by atoms with Crippen molar-refractivity contribution >= 4 is 5.82 Å². The van der Waals surface area contributed by atoms with E-state index >= 15 is 0 Å². The molecule has 0 amide bonds. The summed E-state index contributed by atoms with van der Waals surface area (Å²) in [5.74, 6) is 3.27. The molecule has 0 aromatic carbocycles. The van der Waals surface area contributed by atoms with E-state index in [-0.39, 0.29) is 0 Å². The second-order valence-electron chi connectivity index (χ2n) is 4.88. The van der Waals surface area contributed by atoms with Crippen LogP contribution < -0.4 is 10.1 Å². The van der Waals surface area contributed by atoms with Crippen LogP contribution in [0, 0.1) is 13.8 Å². The third kappa shape index (κ3) is 2.38. The maximum Gasteiger partial charge on any atom is 0.240 e. The van der Waals surface area contributed by atoms with E-state index < -0.39 is 0 Å². The molecule has 100 valence electrons.